The van der Waals surface area contributed by atoms with Crippen LogP contribution < -0.4 is 0 Å². The Morgan fingerprint density at radius 1 is 1.08 bits per heavy atom. The molecule has 4 nitrogen and oxygen atoms in total. The van der Waals surface area contributed by atoms with Gasteiger partial charge >= 0.3 is 5.97 Å². The lowest BCUT2D eigenvalue weighted by Gasteiger charge is -2.37. The Bertz CT molecular complexity index is 783. The van der Waals surface area contributed by atoms with Crippen LogP contribution in [0.1, 0.15) is 36.5 Å². The summed E-state index contributed by atoms with van der Waals surface area (Å²) >= 11 is 0. The quantitative estimate of drug-likeness (QED) is 0.929. The summed E-state index contributed by atoms with van der Waals surface area (Å²) in [5, 5.41) is 9.58. The second-order valence-electron chi connectivity index (χ2n) is 7.32. The Morgan fingerprint density at radius 2 is 1.72 bits per heavy atom. The van der Waals surface area contributed by atoms with Crippen molar-refractivity contribution in [2.24, 2.45) is 5.41 Å². The summed E-state index contributed by atoms with van der Waals surface area (Å²) < 4.78 is 0. The summed E-state index contributed by atoms with van der Waals surface area (Å²) in [6.07, 6.45) is 0.628. The van der Waals surface area contributed by atoms with Gasteiger partial charge in [-0.05, 0) is 23.1 Å². The molecule has 1 unspecified atom stereocenters. The van der Waals surface area contributed by atoms with Crippen LogP contribution in [0.5, 0.6) is 0 Å². The molecule has 2 aromatic carbocycles. The van der Waals surface area contributed by atoms with Gasteiger partial charge in [-0.2, -0.15) is 0 Å². The number of rotatable bonds is 4. The van der Waals surface area contributed by atoms with Gasteiger partial charge in [0, 0.05) is 18.5 Å². The van der Waals surface area contributed by atoms with E-state index in [1.807, 2.05) is 68.4 Å². The highest BCUT2D eigenvalue weighted by Crippen LogP contribution is 2.32. The van der Waals surface area contributed by atoms with Crippen LogP contribution in [-0.4, -0.2) is 28.4 Å². The van der Waals surface area contributed by atoms with Gasteiger partial charge in [0.15, 0.2) is 0 Å². The van der Waals surface area contributed by atoms with Gasteiger partial charge in [-0.3, -0.25) is 9.59 Å². The maximum atomic E-state index is 13.1. The standard InChI is InChI=1S/C21H23NO3/c1-21(2,12-15-8-4-3-5-9-15)20(25)22-13-16-10-6-7-11-17(16)18(14-22)19(23)24/h3-11,18H,12-14H2,1-2H3,(H,23,24). The zero-order valence-corrected chi connectivity index (χ0v) is 14.6. The van der Waals surface area contributed by atoms with E-state index < -0.39 is 17.3 Å². The first-order valence-electron chi connectivity index (χ1n) is 8.52. The molecule has 1 amide bonds. The van der Waals surface area contributed by atoms with Gasteiger partial charge in [0.1, 0.15) is 0 Å². The molecule has 4 heteroatoms. The number of hydrogen-bond donors (Lipinski definition) is 1. The molecule has 1 aliphatic rings. The summed E-state index contributed by atoms with van der Waals surface area (Å²) in [7, 11) is 0. The van der Waals surface area contributed by atoms with Crippen LogP contribution in [0.15, 0.2) is 54.6 Å². The lowest BCUT2D eigenvalue weighted by Crippen LogP contribution is -2.46. The zero-order chi connectivity index (χ0) is 18.0. The minimum atomic E-state index is -0.884. The molecule has 0 radical (unpaired) electrons. The van der Waals surface area contributed by atoms with Gasteiger partial charge < -0.3 is 10.0 Å². The topological polar surface area (TPSA) is 57.6 Å². The molecular weight excluding hydrogens is 314 g/mol. The summed E-state index contributed by atoms with van der Waals surface area (Å²) in [5.41, 5.74) is 2.26. The predicted octanol–water partition coefficient (Wildman–Crippen LogP) is 3.47. The van der Waals surface area contributed by atoms with Crippen molar-refractivity contribution in [1.29, 1.82) is 0 Å². The van der Waals surface area contributed by atoms with E-state index in [0.717, 1.165) is 16.7 Å². The molecule has 1 N–H and O–H groups in total. The number of carbonyl (C=O) groups is 2. The molecule has 0 fully saturated rings. The van der Waals surface area contributed by atoms with Crippen molar-refractivity contribution in [2.75, 3.05) is 6.54 Å². The molecule has 0 aromatic heterocycles. The Balaban J connectivity index is 1.84. The SMILES string of the molecule is CC(C)(Cc1ccccc1)C(=O)N1Cc2ccccc2C(C(=O)O)C1. The first-order chi connectivity index (χ1) is 11.9. The third kappa shape index (κ3) is 3.58. The average molecular weight is 337 g/mol. The summed E-state index contributed by atoms with van der Waals surface area (Å²) in [4.78, 5) is 26.5. The zero-order valence-electron chi connectivity index (χ0n) is 14.6. The fraction of sp³-hybridized carbons (Fsp3) is 0.333. The number of nitrogens with zero attached hydrogens (tertiary/aromatic N) is 1. The van der Waals surface area contributed by atoms with Crippen molar-refractivity contribution in [2.45, 2.75) is 32.7 Å². The van der Waals surface area contributed by atoms with Gasteiger partial charge in [0.05, 0.1) is 5.92 Å². The number of carboxylic acid groups (broad SMARTS) is 1. The Labute approximate surface area is 148 Å². The molecule has 0 spiro atoms. The van der Waals surface area contributed by atoms with Crippen LogP contribution in [0.4, 0.5) is 0 Å². The highest BCUT2D eigenvalue weighted by atomic mass is 16.4. The van der Waals surface area contributed by atoms with Crippen molar-refractivity contribution < 1.29 is 14.7 Å². The van der Waals surface area contributed by atoms with Gasteiger partial charge in [0.25, 0.3) is 0 Å². The van der Waals surface area contributed by atoms with Gasteiger partial charge in [-0.1, -0.05) is 68.4 Å². The third-order valence-electron chi connectivity index (χ3n) is 4.85. The third-order valence-corrected chi connectivity index (χ3v) is 4.85. The number of benzene rings is 2. The molecule has 2 aromatic rings. The maximum absolute atomic E-state index is 13.1. The van der Waals surface area contributed by atoms with Crippen LogP contribution in [0.2, 0.25) is 0 Å². The van der Waals surface area contributed by atoms with E-state index in [1.54, 1.807) is 4.90 Å². The number of hydrogen-bond acceptors (Lipinski definition) is 2. The minimum absolute atomic E-state index is 0.00268. The van der Waals surface area contributed by atoms with Gasteiger partial charge in [-0.15, -0.1) is 0 Å². The summed E-state index contributed by atoms with van der Waals surface area (Å²) in [6, 6.07) is 17.4. The number of aliphatic carboxylic acids is 1. The monoisotopic (exact) mass is 337 g/mol. The predicted molar refractivity (Wildman–Crippen MR) is 96.2 cm³/mol. The van der Waals surface area contributed by atoms with Crippen LogP contribution >= 0.6 is 0 Å². The van der Waals surface area contributed by atoms with Gasteiger partial charge in [-0.25, -0.2) is 0 Å². The largest absolute Gasteiger partial charge is 0.481 e. The lowest BCUT2D eigenvalue weighted by atomic mass is 9.82. The minimum Gasteiger partial charge on any atom is -0.481 e. The fourth-order valence-corrected chi connectivity index (χ4v) is 3.58. The van der Waals surface area contributed by atoms with E-state index in [4.69, 9.17) is 0 Å². The van der Waals surface area contributed by atoms with E-state index in [2.05, 4.69) is 0 Å². The molecule has 3 rings (SSSR count). The smallest absolute Gasteiger partial charge is 0.312 e. The molecule has 1 heterocycles. The maximum Gasteiger partial charge on any atom is 0.312 e. The van der Waals surface area contributed by atoms with E-state index >= 15 is 0 Å². The van der Waals surface area contributed by atoms with E-state index in [0.29, 0.717) is 13.0 Å². The number of fused-ring (bicyclic) bond motifs is 1. The van der Waals surface area contributed by atoms with Gasteiger partial charge in [0.2, 0.25) is 5.91 Å². The number of carboxylic acids is 1. The van der Waals surface area contributed by atoms with Crippen LogP contribution in [-0.2, 0) is 22.6 Å². The Kier molecular flexibility index (Phi) is 4.62. The first-order valence-corrected chi connectivity index (χ1v) is 8.52. The Hall–Kier alpha value is -2.62. The molecule has 0 bridgehead atoms. The van der Waals surface area contributed by atoms with E-state index in [1.165, 1.54) is 0 Å². The highest BCUT2D eigenvalue weighted by molar-refractivity contribution is 5.85. The normalized spacial score (nSPS) is 17.0. The van der Waals surface area contributed by atoms with Crippen molar-refractivity contribution in [3.63, 3.8) is 0 Å². The fourth-order valence-electron chi connectivity index (χ4n) is 3.58. The Morgan fingerprint density at radius 3 is 2.40 bits per heavy atom. The second kappa shape index (κ2) is 6.71. The molecule has 25 heavy (non-hydrogen) atoms. The van der Waals surface area contributed by atoms with E-state index in [9.17, 15) is 14.7 Å². The molecule has 130 valence electrons. The second-order valence-corrected chi connectivity index (χ2v) is 7.32. The summed E-state index contributed by atoms with van der Waals surface area (Å²) in [6.45, 7) is 4.55. The first kappa shape index (κ1) is 17.2. The summed E-state index contributed by atoms with van der Waals surface area (Å²) in [5.74, 6) is -1.55. The van der Waals surface area contributed by atoms with Crippen molar-refractivity contribution in [1.82, 2.24) is 4.90 Å². The average Bonchev–Trinajstić information content (AvgIpc) is 2.60. The molecule has 1 aliphatic heterocycles. The van der Waals surface area contributed by atoms with Crippen molar-refractivity contribution in [3.8, 4) is 0 Å². The van der Waals surface area contributed by atoms with Crippen molar-refractivity contribution >= 4 is 11.9 Å². The molecule has 0 saturated heterocycles. The van der Waals surface area contributed by atoms with Crippen LogP contribution in [0.3, 0.4) is 0 Å². The van der Waals surface area contributed by atoms with Crippen LogP contribution in [0, 0.1) is 5.41 Å². The number of carbonyl (C=O) groups excluding carboxylic acids is 1. The molecule has 1 atom stereocenters. The van der Waals surface area contributed by atoms with E-state index in [-0.39, 0.29) is 12.5 Å². The molecule has 0 saturated carbocycles. The highest BCUT2D eigenvalue weighted by Gasteiger charge is 2.38. The molecule has 0 aliphatic carbocycles. The van der Waals surface area contributed by atoms with Crippen LogP contribution in [0.25, 0.3) is 0 Å². The molecular formula is C21H23NO3. The van der Waals surface area contributed by atoms with Crippen molar-refractivity contribution in [3.05, 3.63) is 71.3 Å². The number of amides is 1. The lowest BCUT2D eigenvalue weighted by molar-refractivity contribution is -0.145.